The van der Waals surface area contributed by atoms with Crippen LogP contribution in [0, 0.1) is 13.8 Å². The molecule has 1 aliphatic heterocycles. The van der Waals surface area contributed by atoms with Crippen molar-refractivity contribution in [3.63, 3.8) is 0 Å². The first kappa shape index (κ1) is 16.8. The van der Waals surface area contributed by atoms with Gasteiger partial charge in [0.25, 0.3) is 5.91 Å². The molecule has 0 spiro atoms. The van der Waals surface area contributed by atoms with Crippen LogP contribution < -0.4 is 4.74 Å². The SMILES string of the molecule is Cc1nn(C)c(C)c1OCC(=O)N1CCC(c2ccc(Cl)cc2)C1. The first-order valence-corrected chi connectivity index (χ1v) is 8.49. The molecule has 6 heteroatoms. The summed E-state index contributed by atoms with van der Waals surface area (Å²) in [6.07, 6.45) is 0.971. The second-order valence-corrected chi connectivity index (χ2v) is 6.73. The molecule has 0 radical (unpaired) electrons. The Bertz CT molecular complexity index is 739. The number of aryl methyl sites for hydroxylation is 2. The quantitative estimate of drug-likeness (QED) is 0.854. The lowest BCUT2D eigenvalue weighted by molar-refractivity contribution is -0.132. The summed E-state index contributed by atoms with van der Waals surface area (Å²) in [6, 6.07) is 7.89. The number of aromatic nitrogens is 2. The summed E-state index contributed by atoms with van der Waals surface area (Å²) in [5.74, 6) is 1.10. The molecule has 0 bridgehead atoms. The van der Waals surface area contributed by atoms with E-state index in [1.54, 1.807) is 4.68 Å². The number of nitrogens with zero attached hydrogens (tertiary/aromatic N) is 3. The number of halogens is 1. The highest BCUT2D eigenvalue weighted by atomic mass is 35.5. The van der Waals surface area contributed by atoms with Gasteiger partial charge in [0.2, 0.25) is 0 Å². The molecule has 1 aliphatic rings. The van der Waals surface area contributed by atoms with Gasteiger partial charge >= 0.3 is 0 Å². The minimum atomic E-state index is 0.0223. The van der Waals surface area contributed by atoms with Crippen LogP contribution in [-0.2, 0) is 11.8 Å². The van der Waals surface area contributed by atoms with Crippen LogP contribution in [0.1, 0.15) is 29.3 Å². The second kappa shape index (κ2) is 6.85. The maximum atomic E-state index is 12.4. The van der Waals surface area contributed by atoms with Crippen molar-refractivity contribution >= 4 is 17.5 Å². The van der Waals surface area contributed by atoms with Gasteiger partial charge in [-0.15, -0.1) is 0 Å². The molecule has 0 aliphatic carbocycles. The predicted octanol–water partition coefficient (Wildman–Crippen LogP) is 3.09. The number of amides is 1. The largest absolute Gasteiger partial charge is 0.480 e. The third-order valence-electron chi connectivity index (χ3n) is 4.66. The Morgan fingerprint density at radius 2 is 2.04 bits per heavy atom. The predicted molar refractivity (Wildman–Crippen MR) is 93.6 cm³/mol. The Labute approximate surface area is 147 Å². The first-order valence-electron chi connectivity index (χ1n) is 8.12. The van der Waals surface area contributed by atoms with Gasteiger partial charge < -0.3 is 9.64 Å². The van der Waals surface area contributed by atoms with Gasteiger partial charge in [0.15, 0.2) is 12.4 Å². The summed E-state index contributed by atoms with van der Waals surface area (Å²) in [5, 5.41) is 5.04. The van der Waals surface area contributed by atoms with E-state index in [4.69, 9.17) is 16.3 Å². The van der Waals surface area contributed by atoms with Gasteiger partial charge in [0, 0.05) is 31.1 Å². The molecular weight excluding hydrogens is 326 g/mol. The summed E-state index contributed by atoms with van der Waals surface area (Å²) in [4.78, 5) is 14.3. The number of likely N-dealkylation sites (tertiary alicyclic amines) is 1. The molecule has 1 saturated heterocycles. The number of benzene rings is 1. The van der Waals surface area contributed by atoms with Gasteiger partial charge in [-0.05, 0) is 38.0 Å². The molecule has 3 rings (SSSR count). The minimum Gasteiger partial charge on any atom is -0.480 e. The Morgan fingerprint density at radius 1 is 1.33 bits per heavy atom. The summed E-state index contributed by atoms with van der Waals surface area (Å²) >= 11 is 5.94. The van der Waals surface area contributed by atoms with E-state index in [1.165, 1.54) is 5.56 Å². The fourth-order valence-corrected chi connectivity index (χ4v) is 3.31. The standard InChI is InChI=1S/C18H22ClN3O2/c1-12-18(13(2)21(3)20-12)24-11-17(23)22-9-8-15(10-22)14-4-6-16(19)7-5-14/h4-7,15H,8-11H2,1-3H3. The van der Waals surface area contributed by atoms with Crippen LogP contribution in [0.2, 0.25) is 5.02 Å². The van der Waals surface area contributed by atoms with Crippen LogP contribution in [0.4, 0.5) is 0 Å². The number of hydrogen-bond donors (Lipinski definition) is 0. The molecule has 1 aromatic carbocycles. The molecule has 1 aromatic heterocycles. The van der Waals surface area contributed by atoms with E-state index in [9.17, 15) is 4.79 Å². The zero-order valence-electron chi connectivity index (χ0n) is 14.3. The number of rotatable bonds is 4. The molecule has 1 amide bonds. The second-order valence-electron chi connectivity index (χ2n) is 6.29. The Hall–Kier alpha value is -2.01. The third kappa shape index (κ3) is 3.41. The van der Waals surface area contributed by atoms with Crippen molar-refractivity contribution in [1.29, 1.82) is 0 Å². The van der Waals surface area contributed by atoms with Crippen molar-refractivity contribution in [3.8, 4) is 5.75 Å². The molecule has 24 heavy (non-hydrogen) atoms. The summed E-state index contributed by atoms with van der Waals surface area (Å²) in [7, 11) is 1.87. The van der Waals surface area contributed by atoms with Crippen LogP contribution in [-0.4, -0.2) is 40.3 Å². The highest BCUT2D eigenvalue weighted by Gasteiger charge is 2.27. The van der Waals surface area contributed by atoms with E-state index in [0.29, 0.717) is 11.7 Å². The van der Waals surface area contributed by atoms with Gasteiger partial charge in [-0.2, -0.15) is 5.10 Å². The molecule has 5 nitrogen and oxygen atoms in total. The molecular formula is C18H22ClN3O2. The Morgan fingerprint density at radius 3 is 2.67 bits per heavy atom. The molecule has 128 valence electrons. The smallest absolute Gasteiger partial charge is 0.260 e. The highest BCUT2D eigenvalue weighted by Crippen LogP contribution is 2.28. The molecule has 0 saturated carbocycles. The van der Waals surface area contributed by atoms with Crippen molar-refractivity contribution in [2.45, 2.75) is 26.2 Å². The van der Waals surface area contributed by atoms with E-state index >= 15 is 0 Å². The van der Waals surface area contributed by atoms with Crippen LogP contribution in [0.25, 0.3) is 0 Å². The number of carbonyl (C=O) groups excluding carboxylic acids is 1. The maximum absolute atomic E-state index is 12.4. The molecule has 2 heterocycles. The van der Waals surface area contributed by atoms with Gasteiger partial charge in [0.1, 0.15) is 5.69 Å². The van der Waals surface area contributed by atoms with E-state index in [0.717, 1.165) is 35.9 Å². The molecule has 1 fully saturated rings. The highest BCUT2D eigenvalue weighted by molar-refractivity contribution is 6.30. The normalized spacial score (nSPS) is 17.3. The third-order valence-corrected chi connectivity index (χ3v) is 4.92. The summed E-state index contributed by atoms with van der Waals surface area (Å²) < 4.78 is 7.49. The van der Waals surface area contributed by atoms with Crippen molar-refractivity contribution in [1.82, 2.24) is 14.7 Å². The number of carbonyl (C=O) groups is 1. The topological polar surface area (TPSA) is 47.4 Å². The Balaban J connectivity index is 1.57. The van der Waals surface area contributed by atoms with Crippen LogP contribution >= 0.6 is 11.6 Å². The molecule has 0 N–H and O–H groups in total. The van der Waals surface area contributed by atoms with Crippen molar-refractivity contribution in [3.05, 3.63) is 46.2 Å². The molecule has 1 atom stereocenters. The molecule has 2 aromatic rings. The lowest BCUT2D eigenvalue weighted by Crippen LogP contribution is -2.33. The first-order chi connectivity index (χ1) is 11.5. The summed E-state index contributed by atoms with van der Waals surface area (Å²) in [6.45, 7) is 5.38. The Kier molecular flexibility index (Phi) is 4.81. The lowest BCUT2D eigenvalue weighted by atomic mass is 9.99. The average molecular weight is 348 g/mol. The zero-order valence-corrected chi connectivity index (χ0v) is 15.0. The van der Waals surface area contributed by atoms with E-state index in [1.807, 2.05) is 50.1 Å². The minimum absolute atomic E-state index is 0.0223. The van der Waals surface area contributed by atoms with Gasteiger partial charge in [0.05, 0.1) is 5.69 Å². The van der Waals surface area contributed by atoms with Gasteiger partial charge in [-0.1, -0.05) is 23.7 Å². The van der Waals surface area contributed by atoms with Crippen molar-refractivity contribution < 1.29 is 9.53 Å². The van der Waals surface area contributed by atoms with Crippen molar-refractivity contribution in [2.75, 3.05) is 19.7 Å². The maximum Gasteiger partial charge on any atom is 0.260 e. The van der Waals surface area contributed by atoms with Crippen LogP contribution in [0.15, 0.2) is 24.3 Å². The van der Waals surface area contributed by atoms with Crippen molar-refractivity contribution in [2.24, 2.45) is 7.05 Å². The van der Waals surface area contributed by atoms with E-state index in [-0.39, 0.29) is 12.5 Å². The van der Waals surface area contributed by atoms with Crippen LogP contribution in [0.3, 0.4) is 0 Å². The van der Waals surface area contributed by atoms with Gasteiger partial charge in [-0.25, -0.2) is 0 Å². The molecule has 1 unspecified atom stereocenters. The monoisotopic (exact) mass is 347 g/mol. The number of ether oxygens (including phenoxy) is 1. The van der Waals surface area contributed by atoms with Gasteiger partial charge in [-0.3, -0.25) is 9.48 Å². The lowest BCUT2D eigenvalue weighted by Gasteiger charge is -2.17. The van der Waals surface area contributed by atoms with Crippen LogP contribution in [0.5, 0.6) is 5.75 Å². The summed E-state index contributed by atoms with van der Waals surface area (Å²) in [5.41, 5.74) is 2.97. The fourth-order valence-electron chi connectivity index (χ4n) is 3.18. The zero-order chi connectivity index (χ0) is 17.3. The average Bonchev–Trinajstić information content (AvgIpc) is 3.13. The van der Waals surface area contributed by atoms with E-state index < -0.39 is 0 Å². The number of hydrogen-bond acceptors (Lipinski definition) is 3. The fraction of sp³-hybridized carbons (Fsp3) is 0.444. The van der Waals surface area contributed by atoms with E-state index in [2.05, 4.69) is 5.10 Å².